The lowest BCUT2D eigenvalue weighted by atomic mass is 10.3. The van der Waals surface area contributed by atoms with Crippen LogP contribution in [0.4, 0.5) is 13.2 Å². The maximum Gasteiger partial charge on any atom is 0.405 e. The van der Waals surface area contributed by atoms with Crippen LogP contribution in [0.25, 0.3) is 0 Å². The lowest BCUT2D eigenvalue weighted by molar-refractivity contribution is -0.139. The van der Waals surface area contributed by atoms with Crippen molar-refractivity contribution in [2.75, 3.05) is 19.7 Å². The number of alkyl halides is 3. The van der Waals surface area contributed by atoms with Gasteiger partial charge in [0.2, 0.25) is 5.91 Å². The molecule has 0 fully saturated rings. The SMILES string of the molecule is CC(NCCOc1ccccc1)C(=O)NCC(F)(F)F. The van der Waals surface area contributed by atoms with Gasteiger partial charge in [-0.05, 0) is 19.1 Å². The molecule has 0 saturated carbocycles. The smallest absolute Gasteiger partial charge is 0.405 e. The molecule has 0 spiro atoms. The molecule has 1 unspecified atom stereocenters. The quantitative estimate of drug-likeness (QED) is 0.752. The minimum Gasteiger partial charge on any atom is -0.492 e. The summed E-state index contributed by atoms with van der Waals surface area (Å²) in [5.41, 5.74) is 0. The molecule has 2 N–H and O–H groups in total. The molecule has 0 aliphatic heterocycles. The fraction of sp³-hybridized carbons (Fsp3) is 0.462. The third-order valence-electron chi connectivity index (χ3n) is 2.42. The first-order valence-electron chi connectivity index (χ1n) is 6.14. The van der Waals surface area contributed by atoms with Gasteiger partial charge in [-0.1, -0.05) is 18.2 Å². The number of benzene rings is 1. The Morgan fingerprint density at radius 3 is 2.55 bits per heavy atom. The summed E-state index contributed by atoms with van der Waals surface area (Å²) < 4.78 is 41.1. The van der Waals surface area contributed by atoms with E-state index in [-0.39, 0.29) is 0 Å². The molecule has 0 radical (unpaired) electrons. The van der Waals surface area contributed by atoms with Crippen molar-refractivity contribution >= 4 is 5.91 Å². The molecular formula is C13H17F3N2O2. The number of hydrogen-bond acceptors (Lipinski definition) is 3. The molecule has 1 aromatic carbocycles. The Morgan fingerprint density at radius 1 is 1.30 bits per heavy atom. The highest BCUT2D eigenvalue weighted by molar-refractivity contribution is 5.81. The van der Waals surface area contributed by atoms with E-state index < -0.39 is 24.7 Å². The van der Waals surface area contributed by atoms with Crippen LogP contribution in [0.15, 0.2) is 30.3 Å². The summed E-state index contributed by atoms with van der Waals surface area (Å²) in [6.45, 7) is 0.850. The Bertz CT molecular complexity index is 410. The third-order valence-corrected chi connectivity index (χ3v) is 2.42. The van der Waals surface area contributed by atoms with Gasteiger partial charge in [0.1, 0.15) is 18.9 Å². The lowest BCUT2D eigenvalue weighted by Gasteiger charge is -2.15. The first kappa shape index (κ1) is 16.3. The first-order valence-corrected chi connectivity index (χ1v) is 6.14. The summed E-state index contributed by atoms with van der Waals surface area (Å²) >= 11 is 0. The number of amides is 1. The van der Waals surface area contributed by atoms with Gasteiger partial charge in [-0.3, -0.25) is 4.79 Å². The molecule has 4 nitrogen and oxygen atoms in total. The highest BCUT2D eigenvalue weighted by atomic mass is 19.4. The van der Waals surface area contributed by atoms with E-state index in [4.69, 9.17) is 4.74 Å². The van der Waals surface area contributed by atoms with Gasteiger partial charge in [0.05, 0.1) is 6.04 Å². The van der Waals surface area contributed by atoms with Crippen LogP contribution in [0.3, 0.4) is 0 Å². The van der Waals surface area contributed by atoms with Gasteiger partial charge in [-0.2, -0.15) is 13.2 Å². The van der Waals surface area contributed by atoms with Crippen LogP contribution in [-0.2, 0) is 4.79 Å². The van der Waals surface area contributed by atoms with Crippen LogP contribution in [0, 0.1) is 0 Å². The van der Waals surface area contributed by atoms with Gasteiger partial charge in [0.15, 0.2) is 0 Å². The second-order valence-electron chi connectivity index (χ2n) is 4.17. The number of rotatable bonds is 7. The van der Waals surface area contributed by atoms with Crippen LogP contribution in [0.2, 0.25) is 0 Å². The second kappa shape index (κ2) is 7.74. The number of carbonyl (C=O) groups excluding carboxylic acids is 1. The Labute approximate surface area is 115 Å². The second-order valence-corrected chi connectivity index (χ2v) is 4.17. The van der Waals surface area contributed by atoms with E-state index >= 15 is 0 Å². The number of para-hydroxylation sites is 1. The predicted octanol–water partition coefficient (Wildman–Crippen LogP) is 1.72. The van der Waals surface area contributed by atoms with Crippen LogP contribution in [0.1, 0.15) is 6.92 Å². The van der Waals surface area contributed by atoms with Crippen molar-refractivity contribution in [1.29, 1.82) is 0 Å². The number of hydrogen-bond donors (Lipinski definition) is 2. The van der Waals surface area contributed by atoms with Gasteiger partial charge in [0.25, 0.3) is 0 Å². The van der Waals surface area contributed by atoms with Gasteiger partial charge >= 0.3 is 6.18 Å². The summed E-state index contributed by atoms with van der Waals surface area (Å²) in [6, 6.07) is 8.39. The highest BCUT2D eigenvalue weighted by Crippen LogP contribution is 2.12. The molecule has 0 bridgehead atoms. The number of ether oxygens (including phenoxy) is 1. The maximum atomic E-state index is 11.9. The zero-order chi connectivity index (χ0) is 15.0. The van der Waals surface area contributed by atoms with E-state index in [0.717, 1.165) is 0 Å². The van der Waals surface area contributed by atoms with E-state index in [1.807, 2.05) is 23.5 Å². The Kier molecular flexibility index (Phi) is 6.30. The zero-order valence-corrected chi connectivity index (χ0v) is 11.0. The molecule has 20 heavy (non-hydrogen) atoms. The first-order chi connectivity index (χ1) is 9.38. The van der Waals surface area contributed by atoms with Gasteiger partial charge in [0, 0.05) is 6.54 Å². The average molecular weight is 290 g/mol. The van der Waals surface area contributed by atoms with Crippen molar-refractivity contribution in [3.63, 3.8) is 0 Å². The van der Waals surface area contributed by atoms with E-state index in [0.29, 0.717) is 18.9 Å². The van der Waals surface area contributed by atoms with Gasteiger partial charge in [-0.25, -0.2) is 0 Å². The molecule has 0 heterocycles. The summed E-state index contributed by atoms with van der Waals surface area (Å²) in [5.74, 6) is 0.00510. The van der Waals surface area contributed by atoms with Crippen molar-refractivity contribution in [3.05, 3.63) is 30.3 Å². The monoisotopic (exact) mass is 290 g/mol. The molecule has 1 amide bonds. The van der Waals surface area contributed by atoms with Crippen LogP contribution in [-0.4, -0.2) is 37.8 Å². The van der Waals surface area contributed by atoms with Crippen LogP contribution < -0.4 is 15.4 Å². The summed E-state index contributed by atoms with van der Waals surface area (Å²) in [5, 5.41) is 4.60. The van der Waals surface area contributed by atoms with E-state index in [1.165, 1.54) is 6.92 Å². The van der Waals surface area contributed by atoms with E-state index in [2.05, 4.69) is 5.32 Å². The number of nitrogens with one attached hydrogen (secondary N) is 2. The minimum atomic E-state index is -4.40. The predicted molar refractivity (Wildman–Crippen MR) is 68.5 cm³/mol. The van der Waals surface area contributed by atoms with E-state index in [9.17, 15) is 18.0 Å². The minimum absolute atomic E-state index is 0.320. The molecule has 1 aromatic rings. The summed E-state index contributed by atoms with van der Waals surface area (Å²) in [4.78, 5) is 11.3. The van der Waals surface area contributed by atoms with Crippen molar-refractivity contribution in [2.24, 2.45) is 0 Å². The third kappa shape index (κ3) is 6.98. The standard InChI is InChI=1S/C13H17F3N2O2/c1-10(12(19)18-9-13(14,15)16)17-7-8-20-11-5-3-2-4-6-11/h2-6,10,17H,7-9H2,1H3,(H,18,19). The molecular weight excluding hydrogens is 273 g/mol. The fourth-order valence-corrected chi connectivity index (χ4v) is 1.39. The van der Waals surface area contributed by atoms with Crippen molar-refractivity contribution in [2.45, 2.75) is 19.1 Å². The van der Waals surface area contributed by atoms with Gasteiger partial charge < -0.3 is 15.4 Å². The molecule has 0 aliphatic carbocycles. The Morgan fingerprint density at radius 2 is 1.95 bits per heavy atom. The summed E-state index contributed by atoms with van der Waals surface area (Å²) in [7, 11) is 0. The molecule has 112 valence electrons. The maximum absolute atomic E-state index is 11.9. The number of halogens is 3. The lowest BCUT2D eigenvalue weighted by Crippen LogP contribution is -2.46. The van der Waals surface area contributed by atoms with Crippen molar-refractivity contribution in [3.8, 4) is 5.75 Å². The molecule has 7 heteroatoms. The summed E-state index contributed by atoms with van der Waals surface area (Å²) in [6.07, 6.45) is -4.40. The molecule has 0 saturated heterocycles. The molecule has 1 atom stereocenters. The molecule has 0 aliphatic rings. The number of carbonyl (C=O) groups is 1. The molecule has 1 rings (SSSR count). The van der Waals surface area contributed by atoms with Crippen LogP contribution >= 0.6 is 0 Å². The highest BCUT2D eigenvalue weighted by Gasteiger charge is 2.28. The molecule has 0 aromatic heterocycles. The largest absolute Gasteiger partial charge is 0.492 e. The average Bonchev–Trinajstić information content (AvgIpc) is 2.41. The van der Waals surface area contributed by atoms with E-state index in [1.54, 1.807) is 12.1 Å². The Balaban J connectivity index is 2.16. The van der Waals surface area contributed by atoms with Crippen molar-refractivity contribution in [1.82, 2.24) is 10.6 Å². The zero-order valence-electron chi connectivity index (χ0n) is 11.0. The van der Waals surface area contributed by atoms with Crippen LogP contribution in [0.5, 0.6) is 5.75 Å². The normalized spacial score (nSPS) is 12.8. The Hall–Kier alpha value is -1.76. The topological polar surface area (TPSA) is 50.4 Å². The fourth-order valence-electron chi connectivity index (χ4n) is 1.39. The van der Waals surface area contributed by atoms with Gasteiger partial charge in [-0.15, -0.1) is 0 Å². The van der Waals surface area contributed by atoms with Crippen molar-refractivity contribution < 1.29 is 22.7 Å².